The second-order valence-electron chi connectivity index (χ2n) is 8.73. The van der Waals surface area contributed by atoms with Gasteiger partial charge in [0.15, 0.2) is 0 Å². The molecule has 30 heavy (non-hydrogen) atoms. The molecule has 0 spiro atoms. The van der Waals surface area contributed by atoms with E-state index in [1.165, 1.54) is 0 Å². The maximum absolute atomic E-state index is 13.1. The SMILES string of the molecule is O=C(c1ccc(Cl)cc1)N1CCCC(C(=O)N2CCC(C(=O)N3CCCC3)CC2)C1. The Hall–Kier alpha value is -2.08. The van der Waals surface area contributed by atoms with Gasteiger partial charge in [0.1, 0.15) is 0 Å². The third kappa shape index (κ3) is 4.64. The summed E-state index contributed by atoms with van der Waals surface area (Å²) in [6.45, 7) is 4.20. The number of hydrogen-bond donors (Lipinski definition) is 0. The Kier molecular flexibility index (Phi) is 6.61. The van der Waals surface area contributed by atoms with Crippen LogP contribution in [0.25, 0.3) is 0 Å². The van der Waals surface area contributed by atoms with Gasteiger partial charge in [-0.05, 0) is 62.8 Å². The fraction of sp³-hybridized carbons (Fsp3) is 0.609. The van der Waals surface area contributed by atoms with Crippen LogP contribution in [0.3, 0.4) is 0 Å². The van der Waals surface area contributed by atoms with Crippen molar-refractivity contribution in [2.75, 3.05) is 39.3 Å². The zero-order chi connectivity index (χ0) is 21.1. The van der Waals surface area contributed by atoms with Gasteiger partial charge in [0, 0.05) is 55.8 Å². The van der Waals surface area contributed by atoms with Gasteiger partial charge in [-0.2, -0.15) is 0 Å². The van der Waals surface area contributed by atoms with Crippen LogP contribution in [0.2, 0.25) is 5.02 Å². The van der Waals surface area contributed by atoms with Gasteiger partial charge >= 0.3 is 0 Å². The molecule has 3 fully saturated rings. The molecular weight excluding hydrogens is 402 g/mol. The van der Waals surface area contributed by atoms with Gasteiger partial charge in [0.05, 0.1) is 5.92 Å². The molecular formula is C23H30ClN3O3. The fourth-order valence-electron chi connectivity index (χ4n) is 4.94. The topological polar surface area (TPSA) is 60.9 Å². The van der Waals surface area contributed by atoms with Crippen LogP contribution < -0.4 is 0 Å². The van der Waals surface area contributed by atoms with Crippen LogP contribution in [0.5, 0.6) is 0 Å². The molecule has 3 amide bonds. The van der Waals surface area contributed by atoms with E-state index in [4.69, 9.17) is 11.6 Å². The van der Waals surface area contributed by atoms with E-state index in [2.05, 4.69) is 0 Å². The Labute approximate surface area is 183 Å². The van der Waals surface area contributed by atoms with E-state index in [0.717, 1.165) is 51.6 Å². The summed E-state index contributed by atoms with van der Waals surface area (Å²) < 4.78 is 0. The lowest BCUT2D eigenvalue weighted by atomic mass is 9.92. The highest BCUT2D eigenvalue weighted by atomic mass is 35.5. The number of halogens is 1. The number of amides is 3. The van der Waals surface area contributed by atoms with Gasteiger partial charge in [-0.15, -0.1) is 0 Å². The second kappa shape index (κ2) is 9.38. The predicted octanol–water partition coefficient (Wildman–Crippen LogP) is 3.05. The monoisotopic (exact) mass is 431 g/mol. The van der Waals surface area contributed by atoms with E-state index in [1.54, 1.807) is 29.2 Å². The van der Waals surface area contributed by atoms with Crippen molar-refractivity contribution in [1.29, 1.82) is 0 Å². The lowest BCUT2D eigenvalue weighted by Gasteiger charge is -2.38. The average molecular weight is 432 g/mol. The molecule has 1 unspecified atom stereocenters. The van der Waals surface area contributed by atoms with Gasteiger partial charge in [0.25, 0.3) is 5.91 Å². The highest BCUT2D eigenvalue weighted by molar-refractivity contribution is 6.30. The zero-order valence-corrected chi connectivity index (χ0v) is 18.1. The number of likely N-dealkylation sites (tertiary alicyclic amines) is 3. The third-order valence-corrected chi connectivity index (χ3v) is 6.97. The van der Waals surface area contributed by atoms with E-state index < -0.39 is 0 Å². The van der Waals surface area contributed by atoms with Crippen molar-refractivity contribution in [3.8, 4) is 0 Å². The predicted molar refractivity (Wildman–Crippen MR) is 115 cm³/mol. The fourth-order valence-corrected chi connectivity index (χ4v) is 5.06. The maximum Gasteiger partial charge on any atom is 0.253 e. The number of piperidine rings is 2. The molecule has 0 aromatic heterocycles. The minimum atomic E-state index is -0.152. The van der Waals surface area contributed by atoms with Crippen LogP contribution in [0.15, 0.2) is 24.3 Å². The van der Waals surface area contributed by atoms with Crippen LogP contribution in [0.1, 0.15) is 48.9 Å². The lowest BCUT2D eigenvalue weighted by Crippen LogP contribution is -2.49. The maximum atomic E-state index is 13.1. The number of nitrogens with zero attached hydrogens (tertiary/aromatic N) is 3. The first kappa shape index (κ1) is 21.2. The van der Waals surface area contributed by atoms with E-state index in [1.807, 2.05) is 9.80 Å². The Bertz CT molecular complexity index is 783. The summed E-state index contributed by atoms with van der Waals surface area (Å²) in [4.78, 5) is 44.2. The number of carbonyl (C=O) groups excluding carboxylic acids is 3. The highest BCUT2D eigenvalue weighted by Crippen LogP contribution is 2.26. The van der Waals surface area contributed by atoms with Crippen molar-refractivity contribution in [2.24, 2.45) is 11.8 Å². The molecule has 0 N–H and O–H groups in total. The van der Waals surface area contributed by atoms with Crippen LogP contribution >= 0.6 is 11.6 Å². The normalized spacial score (nSPS) is 23.0. The number of benzene rings is 1. The first-order chi connectivity index (χ1) is 14.5. The summed E-state index contributed by atoms with van der Waals surface area (Å²) >= 11 is 5.92. The zero-order valence-electron chi connectivity index (χ0n) is 17.4. The molecule has 3 saturated heterocycles. The Morgan fingerprint density at radius 2 is 1.27 bits per heavy atom. The molecule has 3 aliphatic rings. The minimum Gasteiger partial charge on any atom is -0.342 e. The summed E-state index contributed by atoms with van der Waals surface area (Å²) in [6, 6.07) is 6.90. The van der Waals surface area contributed by atoms with Gasteiger partial charge in [0.2, 0.25) is 11.8 Å². The van der Waals surface area contributed by atoms with Crippen LogP contribution in [-0.4, -0.2) is 71.7 Å². The molecule has 3 heterocycles. The van der Waals surface area contributed by atoms with Gasteiger partial charge in [-0.25, -0.2) is 0 Å². The molecule has 3 aliphatic heterocycles. The molecule has 0 saturated carbocycles. The summed E-state index contributed by atoms with van der Waals surface area (Å²) in [5.74, 6) is 0.272. The van der Waals surface area contributed by atoms with Crippen molar-refractivity contribution >= 4 is 29.3 Å². The smallest absolute Gasteiger partial charge is 0.253 e. The van der Waals surface area contributed by atoms with Crippen LogP contribution in [0.4, 0.5) is 0 Å². The first-order valence-electron chi connectivity index (χ1n) is 11.2. The van der Waals surface area contributed by atoms with Crippen molar-refractivity contribution < 1.29 is 14.4 Å². The van der Waals surface area contributed by atoms with Gasteiger partial charge in [-0.3, -0.25) is 14.4 Å². The first-order valence-corrected chi connectivity index (χ1v) is 11.5. The molecule has 1 atom stereocenters. The van der Waals surface area contributed by atoms with E-state index >= 15 is 0 Å². The van der Waals surface area contributed by atoms with E-state index in [0.29, 0.717) is 36.8 Å². The van der Waals surface area contributed by atoms with Crippen molar-refractivity contribution in [1.82, 2.24) is 14.7 Å². The Morgan fingerprint density at radius 1 is 0.700 bits per heavy atom. The highest BCUT2D eigenvalue weighted by Gasteiger charge is 2.35. The van der Waals surface area contributed by atoms with Crippen LogP contribution in [0, 0.1) is 11.8 Å². The van der Waals surface area contributed by atoms with E-state index in [9.17, 15) is 14.4 Å². The molecule has 4 rings (SSSR count). The van der Waals surface area contributed by atoms with E-state index in [-0.39, 0.29) is 29.6 Å². The number of hydrogen-bond acceptors (Lipinski definition) is 3. The largest absolute Gasteiger partial charge is 0.342 e. The van der Waals surface area contributed by atoms with Crippen molar-refractivity contribution in [2.45, 2.75) is 38.5 Å². The molecule has 7 heteroatoms. The number of rotatable bonds is 3. The Morgan fingerprint density at radius 3 is 1.93 bits per heavy atom. The molecule has 0 bridgehead atoms. The quantitative estimate of drug-likeness (QED) is 0.739. The van der Waals surface area contributed by atoms with Gasteiger partial charge < -0.3 is 14.7 Å². The molecule has 1 aromatic carbocycles. The standard InChI is InChI=1S/C23H30ClN3O3/c24-20-7-5-17(6-8-20)22(29)27-13-3-4-19(16-27)23(30)26-14-9-18(10-15-26)21(28)25-11-1-2-12-25/h5-8,18-19H,1-4,9-16H2. The number of carbonyl (C=O) groups is 3. The molecule has 6 nitrogen and oxygen atoms in total. The summed E-state index contributed by atoms with van der Waals surface area (Å²) in [5, 5.41) is 0.602. The molecule has 0 aliphatic carbocycles. The van der Waals surface area contributed by atoms with Crippen molar-refractivity contribution in [3.63, 3.8) is 0 Å². The molecule has 0 radical (unpaired) electrons. The Balaban J connectivity index is 1.30. The minimum absolute atomic E-state index is 0.0425. The third-order valence-electron chi connectivity index (χ3n) is 6.72. The molecule has 1 aromatic rings. The van der Waals surface area contributed by atoms with Gasteiger partial charge in [-0.1, -0.05) is 11.6 Å². The summed E-state index contributed by atoms with van der Waals surface area (Å²) in [6.07, 6.45) is 5.37. The molecule has 162 valence electrons. The summed E-state index contributed by atoms with van der Waals surface area (Å²) in [7, 11) is 0. The van der Waals surface area contributed by atoms with Crippen LogP contribution in [-0.2, 0) is 9.59 Å². The summed E-state index contributed by atoms with van der Waals surface area (Å²) in [5.41, 5.74) is 0.605. The van der Waals surface area contributed by atoms with Crippen molar-refractivity contribution in [3.05, 3.63) is 34.9 Å². The second-order valence-corrected chi connectivity index (χ2v) is 9.17. The lowest BCUT2D eigenvalue weighted by molar-refractivity contribution is -0.143. The average Bonchev–Trinajstić information content (AvgIpc) is 3.33.